The molecule has 25 heavy (non-hydrogen) atoms. The van der Waals surface area contributed by atoms with Crippen molar-refractivity contribution in [3.63, 3.8) is 0 Å². The topological polar surface area (TPSA) is 71.9 Å². The van der Waals surface area contributed by atoms with E-state index in [1.165, 1.54) is 0 Å². The molecule has 4 rings (SSSR count). The zero-order valence-electron chi connectivity index (χ0n) is 14.2. The number of hydrogen-bond acceptors (Lipinski definition) is 4. The van der Waals surface area contributed by atoms with Gasteiger partial charge in [0.2, 0.25) is 0 Å². The number of H-pyrrole nitrogens is 1. The number of aromatic amines is 1. The van der Waals surface area contributed by atoms with Crippen LogP contribution in [-0.2, 0) is 18.3 Å². The minimum Gasteiger partial charge on any atom is -0.373 e. The SMILES string of the molecule is Cn1cc([C@@H]2OCC[C@H]2CNCc2cc3ccccc3[nH]c2=O)cn1. The van der Waals surface area contributed by atoms with Crippen molar-refractivity contribution in [3.8, 4) is 0 Å². The average molecular weight is 338 g/mol. The van der Waals surface area contributed by atoms with Crippen LogP contribution >= 0.6 is 0 Å². The number of ether oxygens (including phenoxy) is 1. The highest BCUT2D eigenvalue weighted by molar-refractivity contribution is 5.78. The molecule has 1 aliphatic rings. The number of hydrogen-bond donors (Lipinski definition) is 2. The first-order valence-electron chi connectivity index (χ1n) is 8.62. The van der Waals surface area contributed by atoms with Crippen LogP contribution < -0.4 is 10.9 Å². The Labute approximate surface area is 145 Å². The molecular formula is C19H22N4O2. The molecule has 2 N–H and O–H groups in total. The molecule has 0 radical (unpaired) electrons. The fourth-order valence-electron chi connectivity index (χ4n) is 3.51. The van der Waals surface area contributed by atoms with E-state index in [4.69, 9.17) is 4.74 Å². The quantitative estimate of drug-likeness (QED) is 0.747. The number of para-hydroxylation sites is 1. The highest BCUT2D eigenvalue weighted by Crippen LogP contribution is 2.33. The van der Waals surface area contributed by atoms with Crippen molar-refractivity contribution in [2.24, 2.45) is 13.0 Å². The molecule has 0 unspecified atom stereocenters. The first-order chi connectivity index (χ1) is 12.2. The van der Waals surface area contributed by atoms with Crippen LogP contribution in [-0.4, -0.2) is 27.9 Å². The van der Waals surface area contributed by atoms with Crippen molar-refractivity contribution in [3.05, 3.63) is 64.2 Å². The van der Waals surface area contributed by atoms with Crippen molar-refractivity contribution in [1.82, 2.24) is 20.1 Å². The molecule has 2 aromatic heterocycles. The fourth-order valence-corrected chi connectivity index (χ4v) is 3.51. The number of fused-ring (bicyclic) bond motifs is 1. The Morgan fingerprint density at radius 3 is 3.12 bits per heavy atom. The van der Waals surface area contributed by atoms with Crippen LogP contribution in [0.2, 0.25) is 0 Å². The Morgan fingerprint density at radius 2 is 2.28 bits per heavy atom. The van der Waals surface area contributed by atoms with Gasteiger partial charge in [0.1, 0.15) is 0 Å². The molecule has 1 saturated heterocycles. The van der Waals surface area contributed by atoms with Gasteiger partial charge in [0.25, 0.3) is 5.56 Å². The number of nitrogens with zero attached hydrogens (tertiary/aromatic N) is 2. The lowest BCUT2D eigenvalue weighted by molar-refractivity contribution is 0.0904. The summed E-state index contributed by atoms with van der Waals surface area (Å²) in [6, 6.07) is 9.80. The van der Waals surface area contributed by atoms with Crippen LogP contribution in [0.25, 0.3) is 10.9 Å². The molecule has 0 spiro atoms. The van der Waals surface area contributed by atoms with E-state index in [-0.39, 0.29) is 11.7 Å². The van der Waals surface area contributed by atoms with Gasteiger partial charge in [-0.15, -0.1) is 0 Å². The second-order valence-corrected chi connectivity index (χ2v) is 6.63. The predicted molar refractivity (Wildman–Crippen MR) is 96.3 cm³/mol. The maximum Gasteiger partial charge on any atom is 0.252 e. The van der Waals surface area contributed by atoms with Gasteiger partial charge in [-0.2, -0.15) is 5.10 Å². The molecule has 0 aliphatic carbocycles. The molecule has 1 aliphatic heterocycles. The highest BCUT2D eigenvalue weighted by atomic mass is 16.5. The van der Waals surface area contributed by atoms with Crippen molar-refractivity contribution >= 4 is 10.9 Å². The molecule has 0 amide bonds. The first kappa shape index (κ1) is 16.1. The molecule has 3 aromatic rings. The lowest BCUT2D eigenvalue weighted by atomic mass is 9.97. The molecule has 1 fully saturated rings. The lowest BCUT2D eigenvalue weighted by Crippen LogP contribution is -2.27. The van der Waals surface area contributed by atoms with E-state index in [9.17, 15) is 4.79 Å². The fraction of sp³-hybridized carbons (Fsp3) is 0.368. The zero-order valence-corrected chi connectivity index (χ0v) is 14.2. The maximum absolute atomic E-state index is 12.2. The zero-order chi connectivity index (χ0) is 17.2. The Hall–Kier alpha value is -2.44. The van der Waals surface area contributed by atoms with Gasteiger partial charge in [0, 0.05) is 55.5 Å². The lowest BCUT2D eigenvalue weighted by Gasteiger charge is -2.17. The normalized spacial score (nSPS) is 20.4. The molecular weight excluding hydrogens is 316 g/mol. The van der Waals surface area contributed by atoms with E-state index in [1.807, 2.05) is 49.8 Å². The number of aryl methyl sites for hydroxylation is 1. The molecule has 2 atom stereocenters. The summed E-state index contributed by atoms with van der Waals surface area (Å²) in [6.07, 6.45) is 4.98. The summed E-state index contributed by atoms with van der Waals surface area (Å²) in [7, 11) is 1.91. The molecule has 6 nitrogen and oxygen atoms in total. The van der Waals surface area contributed by atoms with Crippen LogP contribution in [0.4, 0.5) is 0 Å². The number of nitrogens with one attached hydrogen (secondary N) is 2. The van der Waals surface area contributed by atoms with Crippen molar-refractivity contribution < 1.29 is 4.74 Å². The van der Waals surface area contributed by atoms with Gasteiger partial charge in [0.05, 0.1) is 12.3 Å². The average Bonchev–Trinajstić information content (AvgIpc) is 3.24. The monoisotopic (exact) mass is 338 g/mol. The van der Waals surface area contributed by atoms with Crippen LogP contribution in [0.3, 0.4) is 0 Å². The van der Waals surface area contributed by atoms with Crippen LogP contribution in [0.1, 0.15) is 23.7 Å². The third-order valence-electron chi connectivity index (χ3n) is 4.82. The van der Waals surface area contributed by atoms with E-state index in [0.29, 0.717) is 12.5 Å². The Morgan fingerprint density at radius 1 is 1.40 bits per heavy atom. The number of aromatic nitrogens is 3. The Bertz CT molecular complexity index is 930. The maximum atomic E-state index is 12.2. The number of pyridine rings is 1. The van der Waals surface area contributed by atoms with Crippen molar-refractivity contribution in [2.75, 3.05) is 13.2 Å². The van der Waals surface area contributed by atoms with E-state index in [2.05, 4.69) is 15.4 Å². The molecule has 1 aromatic carbocycles. The van der Waals surface area contributed by atoms with E-state index in [0.717, 1.165) is 41.6 Å². The summed E-state index contributed by atoms with van der Waals surface area (Å²) in [5.74, 6) is 0.392. The second kappa shape index (κ2) is 6.82. The minimum absolute atomic E-state index is 0.0299. The highest BCUT2D eigenvalue weighted by Gasteiger charge is 2.30. The van der Waals surface area contributed by atoms with Gasteiger partial charge in [-0.05, 0) is 23.9 Å². The predicted octanol–water partition coefficient (Wildman–Crippen LogP) is 2.13. The second-order valence-electron chi connectivity index (χ2n) is 6.63. The van der Waals surface area contributed by atoms with E-state index < -0.39 is 0 Å². The molecule has 0 saturated carbocycles. The summed E-state index contributed by atoms with van der Waals surface area (Å²) in [5.41, 5.74) is 2.72. The van der Waals surface area contributed by atoms with Gasteiger partial charge in [0.15, 0.2) is 0 Å². The van der Waals surface area contributed by atoms with Gasteiger partial charge in [-0.1, -0.05) is 18.2 Å². The summed E-state index contributed by atoms with van der Waals surface area (Å²) >= 11 is 0. The summed E-state index contributed by atoms with van der Waals surface area (Å²) < 4.78 is 7.69. The van der Waals surface area contributed by atoms with Gasteiger partial charge in [-0.25, -0.2) is 0 Å². The number of rotatable bonds is 5. The molecule has 6 heteroatoms. The Balaban J connectivity index is 1.42. The summed E-state index contributed by atoms with van der Waals surface area (Å²) in [6.45, 7) is 2.13. The third kappa shape index (κ3) is 3.36. The van der Waals surface area contributed by atoms with E-state index >= 15 is 0 Å². The molecule has 0 bridgehead atoms. The molecule has 3 heterocycles. The van der Waals surface area contributed by atoms with Crippen LogP contribution in [0, 0.1) is 5.92 Å². The van der Waals surface area contributed by atoms with Crippen molar-refractivity contribution in [1.29, 1.82) is 0 Å². The van der Waals surface area contributed by atoms with E-state index in [1.54, 1.807) is 4.68 Å². The van der Waals surface area contributed by atoms with Crippen molar-refractivity contribution in [2.45, 2.75) is 19.1 Å². The van der Waals surface area contributed by atoms with Gasteiger partial charge < -0.3 is 15.0 Å². The Kier molecular flexibility index (Phi) is 4.38. The summed E-state index contributed by atoms with van der Waals surface area (Å²) in [4.78, 5) is 15.2. The third-order valence-corrected chi connectivity index (χ3v) is 4.82. The van der Waals surface area contributed by atoms with Gasteiger partial charge in [-0.3, -0.25) is 9.48 Å². The van der Waals surface area contributed by atoms with Gasteiger partial charge >= 0.3 is 0 Å². The standard InChI is InChI=1S/C19H22N4O2/c1-23-12-16(11-21-23)18-14(6-7-25-18)9-20-10-15-8-13-4-2-3-5-17(13)22-19(15)24/h2-5,8,11-12,14,18,20H,6-7,9-10H2,1H3,(H,22,24)/t14-,18+/m0/s1. The first-order valence-corrected chi connectivity index (χ1v) is 8.62. The number of benzene rings is 1. The minimum atomic E-state index is -0.0299. The smallest absolute Gasteiger partial charge is 0.252 e. The van der Waals surface area contributed by atoms with Crippen LogP contribution in [0.5, 0.6) is 0 Å². The van der Waals surface area contributed by atoms with Crippen LogP contribution in [0.15, 0.2) is 47.5 Å². The molecule has 130 valence electrons. The largest absolute Gasteiger partial charge is 0.373 e. The summed E-state index contributed by atoms with van der Waals surface area (Å²) in [5, 5.41) is 8.72.